The van der Waals surface area contributed by atoms with E-state index in [0.29, 0.717) is 143 Å². The largest absolute Gasteiger partial charge is 0.490 e. The highest BCUT2D eigenvalue weighted by Gasteiger charge is 2.64. The van der Waals surface area contributed by atoms with Crippen molar-refractivity contribution in [3.05, 3.63) is 85.4 Å². The third-order valence-corrected chi connectivity index (χ3v) is 26.4. The zero-order chi connectivity index (χ0) is 88.5. The monoisotopic (exact) mass is 1830 g/mol. The lowest BCUT2D eigenvalue weighted by Gasteiger charge is -2.35. The summed E-state index contributed by atoms with van der Waals surface area (Å²) in [6, 6.07) is 11.2. The second-order valence-corrected chi connectivity index (χ2v) is 37.7. The van der Waals surface area contributed by atoms with Crippen LogP contribution in [-0.4, -0.2) is 242 Å². The van der Waals surface area contributed by atoms with E-state index in [1.807, 2.05) is 34.6 Å². The van der Waals surface area contributed by atoms with E-state index in [9.17, 15) is 56.7 Å². The van der Waals surface area contributed by atoms with Gasteiger partial charge in [0.15, 0.2) is 11.3 Å². The number of nitrogens with one attached hydrogen (secondary N) is 5. The molecule has 6 aliphatic carbocycles. The van der Waals surface area contributed by atoms with Crippen molar-refractivity contribution < 1.29 is 113 Å². The van der Waals surface area contributed by atoms with Crippen LogP contribution < -0.4 is 50.4 Å². The van der Waals surface area contributed by atoms with E-state index in [1.165, 1.54) is 48.0 Å². The number of fused-ring (bicyclic) bond motifs is 4. The van der Waals surface area contributed by atoms with Crippen LogP contribution in [0.1, 0.15) is 132 Å². The first-order valence-electron chi connectivity index (χ1n) is 41.3. The molecule has 0 spiro atoms. The Labute approximate surface area is 727 Å². The predicted molar refractivity (Wildman–Crippen MR) is 450 cm³/mol. The number of nitrogens with zero attached hydrogens (tertiary/aromatic N) is 3. The van der Waals surface area contributed by atoms with Crippen molar-refractivity contribution in [3.63, 3.8) is 0 Å². The Balaban J connectivity index is 0.000000194. The summed E-state index contributed by atoms with van der Waals surface area (Å²) in [5, 5.41) is 22.8. The Morgan fingerprint density at radius 1 is 0.574 bits per heavy atom. The lowest BCUT2D eigenvalue weighted by atomic mass is 9.85. The summed E-state index contributed by atoms with van der Waals surface area (Å²) in [6.45, 7) is 17.0. The first kappa shape index (κ1) is 94.1. The fourth-order valence-electron chi connectivity index (χ4n) is 16.7. The van der Waals surface area contributed by atoms with Gasteiger partial charge in [-0.1, -0.05) is 107 Å². The lowest BCUT2D eigenvalue weighted by Crippen LogP contribution is -2.59. The van der Waals surface area contributed by atoms with Crippen molar-refractivity contribution in [3.8, 4) is 29.0 Å². The number of H-pyrrole nitrogens is 1. The van der Waals surface area contributed by atoms with Gasteiger partial charge in [0, 0.05) is 75.2 Å². The molecule has 6 N–H and O–H groups in total. The second-order valence-electron chi connectivity index (χ2n) is 34.5. The fourth-order valence-corrected chi connectivity index (χ4v) is 18.6. The minimum Gasteiger partial charge on any atom is -0.490 e. The zero-order valence-corrected chi connectivity index (χ0v) is 75.0. The number of alkyl carbamates (subject to hydrolysis) is 2. The van der Waals surface area contributed by atoms with Crippen LogP contribution in [0, 0.1) is 46.3 Å². The van der Waals surface area contributed by atoms with Gasteiger partial charge in [-0.15, -0.1) is 0 Å². The second kappa shape index (κ2) is 40.2. The maximum Gasteiger partial charge on any atom is 0.408 e. The maximum absolute atomic E-state index is 14.6. The van der Waals surface area contributed by atoms with Gasteiger partial charge in [0.25, 0.3) is 10.1 Å². The number of carboxylic acid groups (broad SMARTS) is 1. The molecule has 0 bridgehead atoms. The van der Waals surface area contributed by atoms with Gasteiger partial charge in [-0.25, -0.2) is 24.2 Å². The molecule has 2 aliphatic heterocycles. The number of aromatic nitrogens is 2. The lowest BCUT2D eigenvalue weighted by molar-refractivity contribution is -0.148. The third kappa shape index (κ3) is 22.8. The number of ether oxygens (including phenoxy) is 12. The van der Waals surface area contributed by atoms with Crippen molar-refractivity contribution in [2.45, 2.75) is 197 Å². The molecule has 4 heterocycles. The SMILES string of the molecule is CC[C@@H]1C[C@]1(NC(=O)[C@@H]1C[C@@H](Oc2cc(OCCOC)nc3c(Cl)c(OCCOC)ccc23)CN1C(=O)[C@@H](NC(=O)OC1C[C@@H]2C[C@@H]2C1)C(C)(C)C)C(=O)O.CC[C@@H]1C[C@]1(NC(=O)[C@@H]1C[C@H](OS(=O)(=O)c2ccc(Br)cc2)CN1C(=O)[C@@H](NC(=O)OC1C[C@@H]2C[C@@H]2C1)C(C)(C)C)C(=O)OC.COCCOc1cc(=O)c2ccc(OCCOC)c(Cl)c2[nH]1. The summed E-state index contributed by atoms with van der Waals surface area (Å²) in [5.74, 6) is -0.260. The summed E-state index contributed by atoms with van der Waals surface area (Å²) >= 11 is 16.4. The summed E-state index contributed by atoms with van der Waals surface area (Å²) in [6.07, 6.45) is 3.76. The van der Waals surface area contributed by atoms with E-state index < -0.39 is 116 Å². The maximum atomic E-state index is 14.6. The van der Waals surface area contributed by atoms with E-state index in [2.05, 4.69) is 47.2 Å². The number of halogens is 3. The van der Waals surface area contributed by atoms with E-state index in [1.54, 1.807) is 91.7 Å². The number of aliphatic carboxylic acids is 1. The first-order chi connectivity index (χ1) is 57.9. The first-order valence-corrected chi connectivity index (χ1v) is 44.2. The number of likely N-dealkylation sites (tertiary alicyclic amines) is 2. The highest BCUT2D eigenvalue weighted by molar-refractivity contribution is 9.10. The van der Waals surface area contributed by atoms with Crippen molar-refractivity contribution >= 4 is 119 Å². The van der Waals surface area contributed by atoms with Crippen LogP contribution in [0.25, 0.3) is 21.8 Å². The molecule has 33 nitrogen and oxygen atoms in total. The Morgan fingerprint density at radius 3 is 1.51 bits per heavy atom. The van der Waals surface area contributed by atoms with E-state index in [0.717, 1.165) is 25.7 Å². The number of hydrogen-bond donors (Lipinski definition) is 6. The van der Waals surface area contributed by atoms with Crippen LogP contribution >= 0.6 is 39.1 Å². The van der Waals surface area contributed by atoms with Gasteiger partial charge in [-0.3, -0.25) is 28.2 Å². The third-order valence-electron chi connectivity index (χ3n) is 23.8. The number of carbonyl (C=O) groups excluding carboxylic acids is 7. The van der Waals surface area contributed by atoms with Gasteiger partial charge in [0.1, 0.15) is 113 Å². The summed E-state index contributed by atoms with van der Waals surface area (Å²) in [4.78, 5) is 130. The molecular formula is C85H113BrCl2N8O25S. The van der Waals surface area contributed by atoms with Gasteiger partial charge in [-0.05, 0) is 146 Å². The number of benzene rings is 3. The topological polar surface area (TPSA) is 411 Å². The molecule has 2 saturated heterocycles. The van der Waals surface area contributed by atoms with E-state index in [-0.39, 0.29) is 84.4 Å². The minimum absolute atomic E-state index is 0.0336. The Morgan fingerprint density at radius 2 is 1.03 bits per heavy atom. The highest BCUT2D eigenvalue weighted by Crippen LogP contribution is 2.54. The number of hydrogen-bond acceptors (Lipinski definition) is 25. The predicted octanol–water partition coefficient (Wildman–Crippen LogP) is 10.3. The molecule has 2 unspecified atom stereocenters. The van der Waals surface area contributed by atoms with E-state index in [4.69, 9.17) is 84.2 Å². The number of rotatable bonds is 35. The van der Waals surface area contributed by atoms with Crippen LogP contribution in [0.4, 0.5) is 9.59 Å². The van der Waals surface area contributed by atoms with Crippen molar-refractivity contribution in [2.75, 3.05) is 101 Å². The normalized spacial score (nSPS) is 25.7. The van der Waals surface area contributed by atoms with Crippen LogP contribution in [0.15, 0.2) is 74.8 Å². The molecular weight excluding hydrogens is 1720 g/mol. The van der Waals surface area contributed by atoms with Gasteiger partial charge < -0.3 is 98.0 Å². The summed E-state index contributed by atoms with van der Waals surface area (Å²) in [5.41, 5.74) is -3.56. The van der Waals surface area contributed by atoms with Crippen LogP contribution in [-0.2, 0) is 76.2 Å². The molecule has 670 valence electrons. The van der Waals surface area contributed by atoms with Gasteiger partial charge in [0.05, 0.1) is 56.6 Å². The molecule has 0 radical (unpaired) electrons. The van der Waals surface area contributed by atoms with Crippen LogP contribution in [0.3, 0.4) is 0 Å². The molecule has 6 amide bonds. The Kier molecular flexibility index (Phi) is 31.0. The Bertz CT molecular complexity index is 4790. The molecule has 2 aromatic heterocycles. The van der Waals surface area contributed by atoms with Crippen LogP contribution in [0.2, 0.25) is 10.0 Å². The van der Waals surface area contributed by atoms with E-state index >= 15 is 0 Å². The average Bonchev–Trinajstić information content (AvgIpc) is 1.58. The zero-order valence-electron chi connectivity index (χ0n) is 71.0. The fraction of sp³-hybridized carbons (Fsp3) is 0.624. The standard InChI is InChI=1S/C39H53ClN4O11.C31H42BrN3O9S.C15H18ClNO5/c1-7-23-19-39(23,36(47)48)43-34(45)27-17-25(20-44(27)35(46)33(38(2,3)4)42-37(49)55-24-15-21-14-22(21)16-24)54-29-18-30(53-13-11-51-6)41-32-26(29)8-9-28(31(32)40)52-12-10-50-5;1-6-19-15-31(19,28(38)42-5)34-26(36)24-14-22(44-45(40,41)23-9-7-20(32)8-10-23)16-35(24)27(37)25(30(2,3)4)33-29(39)43-21-12-17-11-18(17)13-21;1-19-5-7-21-12-4-3-10-11(18)9-13(22-8-6-20-2)17-15(10)14(12)16/h8-9,18,21-25,27,33H,7,10-17,19-20H2,1-6H3,(H,42,49)(H,43,45)(H,47,48);7-10,17-19,21-22,24-25H,6,11-16H2,1-5H3,(H,33,39)(H,34,36);3-4,9H,5-8H2,1-2H3,(H,17,18)/t21-,22+,23-,24?,25-,27+,33-,39-;17-,18+,19-,21?,22+,24+,25-,31-;/m11./s1. The average molecular weight is 1830 g/mol. The van der Waals surface area contributed by atoms with Gasteiger partial charge in [0.2, 0.25) is 29.5 Å². The van der Waals surface area contributed by atoms with Crippen molar-refractivity contribution in [1.82, 2.24) is 41.0 Å². The molecule has 8 aliphatic rings. The Hall–Kier alpha value is -8.55. The molecule has 16 atom stereocenters. The number of carbonyl (C=O) groups is 8. The number of aromatic amines is 1. The quantitative estimate of drug-likeness (QED) is 0.00950. The number of pyridine rings is 2. The highest BCUT2D eigenvalue weighted by atomic mass is 79.9. The van der Waals surface area contributed by atoms with Gasteiger partial charge >= 0.3 is 24.1 Å². The van der Waals surface area contributed by atoms with Crippen LogP contribution in [0.5, 0.6) is 29.0 Å². The number of esters is 1. The minimum atomic E-state index is -4.25. The molecule has 122 heavy (non-hydrogen) atoms. The van der Waals surface area contributed by atoms with Crippen molar-refractivity contribution in [1.29, 1.82) is 0 Å². The smallest absolute Gasteiger partial charge is 0.408 e. The molecule has 37 heteroatoms. The number of amides is 6. The summed E-state index contributed by atoms with van der Waals surface area (Å²) < 4.78 is 98.2. The summed E-state index contributed by atoms with van der Waals surface area (Å²) in [7, 11) is 3.28. The number of carboxylic acids is 1. The van der Waals surface area contributed by atoms with Crippen molar-refractivity contribution in [2.24, 2.45) is 46.3 Å². The molecule has 13 rings (SSSR count). The van der Waals surface area contributed by atoms with Gasteiger partial charge in [-0.2, -0.15) is 8.42 Å². The molecule has 3 aromatic carbocycles. The molecule has 5 aromatic rings. The molecule has 8 fully saturated rings. The molecule has 6 saturated carbocycles. The number of methoxy groups -OCH3 is 5.